The Hall–Kier alpha value is -2.40. The molecule has 1 aromatic carbocycles. The third kappa shape index (κ3) is 6.01. The van der Waals surface area contributed by atoms with Crippen molar-refractivity contribution in [3.05, 3.63) is 59.9 Å². The molecule has 2 rings (SSSR count). The smallest absolute Gasteiger partial charge is 0.308 e. The van der Waals surface area contributed by atoms with Gasteiger partial charge in [0.25, 0.3) is 0 Å². The molecule has 0 aliphatic heterocycles. The number of pyridine rings is 1. The Morgan fingerprint density at radius 3 is 2.58 bits per heavy atom. The molecule has 5 heteroatoms. The summed E-state index contributed by atoms with van der Waals surface area (Å²) in [5, 5.41) is 0. The molecule has 0 aliphatic rings. The zero-order valence-electron chi connectivity index (χ0n) is 14.4. The maximum atomic E-state index is 11.9. The average molecular weight is 328 g/mol. The lowest BCUT2D eigenvalue weighted by atomic mass is 10.1. The number of rotatable bonds is 6. The third-order valence-corrected chi connectivity index (χ3v) is 3.22. The van der Waals surface area contributed by atoms with E-state index in [1.54, 1.807) is 12.4 Å². The van der Waals surface area contributed by atoms with Gasteiger partial charge in [-0.3, -0.25) is 9.78 Å². The van der Waals surface area contributed by atoms with E-state index < -0.39 is 11.6 Å². The molecule has 0 saturated carbocycles. The third-order valence-electron chi connectivity index (χ3n) is 3.22. The Bertz CT molecular complexity index is 666. The minimum absolute atomic E-state index is 0.0983. The zero-order valence-corrected chi connectivity index (χ0v) is 14.4. The molecule has 2 N–H and O–H groups in total. The van der Waals surface area contributed by atoms with Gasteiger partial charge in [-0.2, -0.15) is 0 Å². The predicted molar refractivity (Wildman–Crippen MR) is 92.4 cm³/mol. The molecular formula is C19H24N2O3. The summed E-state index contributed by atoms with van der Waals surface area (Å²) in [6.45, 7) is 5.94. The molecule has 0 aliphatic carbocycles. The van der Waals surface area contributed by atoms with Gasteiger partial charge in [-0.05, 0) is 38.0 Å². The standard InChI is InChI=1S/C19H24N2O3/c1-19(2,3)24-18(22)10-17(20)15-9-16(12-21-11-15)23-13-14-7-5-4-6-8-14/h4-9,11-12,17H,10,13,20H2,1-3H3/t17-/m0/s1. The number of hydrogen-bond donors (Lipinski definition) is 1. The van der Waals surface area contributed by atoms with Gasteiger partial charge in [0.15, 0.2) is 0 Å². The van der Waals surface area contributed by atoms with Crippen molar-refractivity contribution in [1.29, 1.82) is 0 Å². The minimum Gasteiger partial charge on any atom is -0.487 e. The first kappa shape index (κ1) is 17.9. The first-order valence-corrected chi connectivity index (χ1v) is 7.92. The molecular weight excluding hydrogens is 304 g/mol. The Kier molecular flexibility index (Phi) is 5.93. The average Bonchev–Trinajstić information content (AvgIpc) is 2.52. The molecule has 0 amide bonds. The van der Waals surface area contributed by atoms with E-state index in [0.29, 0.717) is 12.4 Å². The summed E-state index contributed by atoms with van der Waals surface area (Å²) in [6.07, 6.45) is 3.37. The first-order valence-electron chi connectivity index (χ1n) is 7.92. The van der Waals surface area contributed by atoms with Gasteiger partial charge in [0.1, 0.15) is 18.0 Å². The van der Waals surface area contributed by atoms with Crippen molar-refractivity contribution in [3.63, 3.8) is 0 Å². The van der Waals surface area contributed by atoms with Gasteiger partial charge in [0, 0.05) is 12.2 Å². The quantitative estimate of drug-likeness (QED) is 0.823. The van der Waals surface area contributed by atoms with Gasteiger partial charge in [-0.15, -0.1) is 0 Å². The summed E-state index contributed by atoms with van der Waals surface area (Å²) in [4.78, 5) is 16.0. The van der Waals surface area contributed by atoms with E-state index in [0.717, 1.165) is 11.1 Å². The second kappa shape index (κ2) is 7.93. The number of carbonyl (C=O) groups excluding carboxylic acids is 1. The fourth-order valence-corrected chi connectivity index (χ4v) is 2.14. The number of benzene rings is 1. The highest BCUT2D eigenvalue weighted by molar-refractivity contribution is 5.70. The number of esters is 1. The lowest BCUT2D eigenvalue weighted by molar-refractivity contribution is -0.155. The predicted octanol–water partition coefficient (Wildman–Crippen LogP) is 3.39. The lowest BCUT2D eigenvalue weighted by Crippen LogP contribution is -2.26. The summed E-state index contributed by atoms with van der Waals surface area (Å²) in [5.74, 6) is 0.293. The minimum atomic E-state index is -0.518. The van der Waals surface area contributed by atoms with Crippen LogP contribution < -0.4 is 10.5 Å². The molecule has 24 heavy (non-hydrogen) atoms. The number of aromatic nitrogens is 1. The molecule has 0 spiro atoms. The van der Waals surface area contributed by atoms with Gasteiger partial charge >= 0.3 is 5.97 Å². The summed E-state index contributed by atoms with van der Waals surface area (Å²) in [6, 6.07) is 11.2. The van der Waals surface area contributed by atoms with E-state index in [-0.39, 0.29) is 12.4 Å². The first-order chi connectivity index (χ1) is 11.3. The summed E-state index contributed by atoms with van der Waals surface area (Å²) < 4.78 is 11.0. The molecule has 2 aromatic rings. The molecule has 0 fully saturated rings. The maximum absolute atomic E-state index is 11.9. The Morgan fingerprint density at radius 1 is 1.21 bits per heavy atom. The van der Waals surface area contributed by atoms with Crippen LogP contribution in [0.2, 0.25) is 0 Å². The van der Waals surface area contributed by atoms with Crippen molar-refractivity contribution >= 4 is 5.97 Å². The van der Waals surface area contributed by atoms with Gasteiger partial charge in [0.05, 0.1) is 12.6 Å². The van der Waals surface area contributed by atoms with E-state index in [9.17, 15) is 4.79 Å². The molecule has 128 valence electrons. The van der Waals surface area contributed by atoms with E-state index in [1.165, 1.54) is 0 Å². The number of nitrogens with zero attached hydrogens (tertiary/aromatic N) is 1. The lowest BCUT2D eigenvalue weighted by Gasteiger charge is -2.21. The molecule has 1 aromatic heterocycles. The van der Waals surface area contributed by atoms with Gasteiger partial charge < -0.3 is 15.2 Å². The summed E-state index contributed by atoms with van der Waals surface area (Å²) >= 11 is 0. The van der Waals surface area contributed by atoms with Crippen LogP contribution in [0.25, 0.3) is 0 Å². The second-order valence-electron chi connectivity index (χ2n) is 6.63. The highest BCUT2D eigenvalue weighted by Gasteiger charge is 2.19. The maximum Gasteiger partial charge on any atom is 0.308 e. The van der Waals surface area contributed by atoms with E-state index in [2.05, 4.69) is 4.98 Å². The van der Waals surface area contributed by atoms with Gasteiger partial charge in [0.2, 0.25) is 0 Å². The largest absolute Gasteiger partial charge is 0.487 e. The SMILES string of the molecule is CC(C)(C)OC(=O)C[C@H](N)c1cncc(OCc2ccccc2)c1. The van der Waals surface area contributed by atoms with Crippen LogP contribution in [0, 0.1) is 0 Å². The van der Waals surface area contributed by atoms with Crippen LogP contribution in [0.5, 0.6) is 5.75 Å². The normalized spacial score (nSPS) is 12.5. The number of carbonyl (C=O) groups is 1. The van der Waals surface area contributed by atoms with E-state index in [4.69, 9.17) is 15.2 Å². The Morgan fingerprint density at radius 2 is 1.92 bits per heavy atom. The van der Waals surface area contributed by atoms with Crippen molar-refractivity contribution < 1.29 is 14.3 Å². The van der Waals surface area contributed by atoms with Crippen LogP contribution in [0.3, 0.4) is 0 Å². The van der Waals surface area contributed by atoms with Crippen LogP contribution in [0.1, 0.15) is 44.4 Å². The number of ether oxygens (including phenoxy) is 2. The van der Waals surface area contributed by atoms with Crippen LogP contribution in [0.15, 0.2) is 48.8 Å². The van der Waals surface area contributed by atoms with Crippen molar-refractivity contribution in [3.8, 4) is 5.75 Å². The second-order valence-corrected chi connectivity index (χ2v) is 6.63. The van der Waals surface area contributed by atoms with Crippen molar-refractivity contribution in [2.45, 2.75) is 45.4 Å². The molecule has 1 atom stereocenters. The van der Waals surface area contributed by atoms with Crippen molar-refractivity contribution in [1.82, 2.24) is 4.98 Å². The zero-order chi connectivity index (χ0) is 17.6. The number of nitrogens with two attached hydrogens (primary N) is 1. The van der Waals surface area contributed by atoms with E-state index in [1.807, 2.05) is 57.2 Å². The van der Waals surface area contributed by atoms with Crippen LogP contribution in [0.4, 0.5) is 0 Å². The Labute approximate surface area is 142 Å². The molecule has 0 unspecified atom stereocenters. The summed E-state index contributed by atoms with van der Waals surface area (Å²) in [5.41, 5.74) is 7.39. The molecule has 0 saturated heterocycles. The highest BCUT2D eigenvalue weighted by Crippen LogP contribution is 2.21. The molecule has 0 radical (unpaired) electrons. The molecule has 0 bridgehead atoms. The van der Waals surface area contributed by atoms with E-state index >= 15 is 0 Å². The van der Waals surface area contributed by atoms with Gasteiger partial charge in [-0.1, -0.05) is 30.3 Å². The number of hydrogen-bond acceptors (Lipinski definition) is 5. The summed E-state index contributed by atoms with van der Waals surface area (Å²) in [7, 11) is 0. The van der Waals surface area contributed by atoms with Crippen LogP contribution in [-0.2, 0) is 16.1 Å². The van der Waals surface area contributed by atoms with Crippen molar-refractivity contribution in [2.75, 3.05) is 0 Å². The van der Waals surface area contributed by atoms with Crippen molar-refractivity contribution in [2.24, 2.45) is 5.73 Å². The fraction of sp³-hybridized carbons (Fsp3) is 0.368. The Balaban J connectivity index is 1.95. The monoisotopic (exact) mass is 328 g/mol. The topological polar surface area (TPSA) is 74.4 Å². The highest BCUT2D eigenvalue weighted by atomic mass is 16.6. The fourth-order valence-electron chi connectivity index (χ4n) is 2.14. The van der Waals surface area contributed by atoms with Crippen LogP contribution >= 0.6 is 0 Å². The molecule has 5 nitrogen and oxygen atoms in total. The van der Waals surface area contributed by atoms with Crippen LogP contribution in [-0.4, -0.2) is 16.6 Å². The van der Waals surface area contributed by atoms with Gasteiger partial charge in [-0.25, -0.2) is 0 Å². The molecule has 1 heterocycles.